The highest BCUT2D eigenvalue weighted by molar-refractivity contribution is 9.10. The van der Waals surface area contributed by atoms with E-state index in [2.05, 4.69) is 60.3 Å². The lowest BCUT2D eigenvalue weighted by molar-refractivity contribution is 0.101. The third kappa shape index (κ3) is 3.20. The molecule has 0 heterocycles. The van der Waals surface area contributed by atoms with E-state index in [1.807, 2.05) is 0 Å². The third-order valence-electron chi connectivity index (χ3n) is 4.85. The summed E-state index contributed by atoms with van der Waals surface area (Å²) in [7, 11) is 3.78. The molecule has 20 heavy (non-hydrogen) atoms. The predicted octanol–water partition coefficient (Wildman–Crippen LogP) is 4.93. The van der Waals surface area contributed by atoms with E-state index in [9.17, 15) is 0 Å². The Morgan fingerprint density at radius 3 is 2.65 bits per heavy atom. The van der Waals surface area contributed by atoms with Gasteiger partial charge in [-0.15, -0.1) is 0 Å². The first kappa shape index (κ1) is 15.8. The smallest absolute Gasteiger partial charge is 0.120 e. The van der Waals surface area contributed by atoms with Crippen molar-refractivity contribution in [3.63, 3.8) is 0 Å². The van der Waals surface area contributed by atoms with Gasteiger partial charge in [-0.3, -0.25) is 0 Å². The van der Waals surface area contributed by atoms with Gasteiger partial charge in [-0.1, -0.05) is 48.7 Å². The van der Waals surface area contributed by atoms with E-state index in [0.29, 0.717) is 17.4 Å². The first-order chi connectivity index (χ1) is 9.49. The molecule has 0 spiro atoms. The molecule has 2 atom stereocenters. The van der Waals surface area contributed by atoms with Crippen LogP contribution in [-0.4, -0.2) is 14.2 Å². The van der Waals surface area contributed by atoms with Gasteiger partial charge in [0.05, 0.1) is 7.11 Å². The molecule has 2 unspecified atom stereocenters. The minimum Gasteiger partial charge on any atom is -0.497 e. The molecule has 3 heteroatoms. The van der Waals surface area contributed by atoms with E-state index in [1.54, 1.807) is 7.11 Å². The van der Waals surface area contributed by atoms with Crippen molar-refractivity contribution < 1.29 is 4.74 Å². The van der Waals surface area contributed by atoms with Crippen molar-refractivity contribution in [2.75, 3.05) is 14.2 Å². The van der Waals surface area contributed by atoms with Gasteiger partial charge in [-0.25, -0.2) is 0 Å². The summed E-state index contributed by atoms with van der Waals surface area (Å²) in [6.07, 6.45) is 5.34. The number of nitrogens with one attached hydrogen (secondary N) is 1. The lowest BCUT2D eigenvalue weighted by Gasteiger charge is -2.43. The van der Waals surface area contributed by atoms with E-state index in [4.69, 9.17) is 4.74 Å². The van der Waals surface area contributed by atoms with Gasteiger partial charge in [0.15, 0.2) is 0 Å². The van der Waals surface area contributed by atoms with E-state index in [-0.39, 0.29) is 0 Å². The van der Waals surface area contributed by atoms with Crippen molar-refractivity contribution in [3.8, 4) is 5.75 Å². The van der Waals surface area contributed by atoms with Crippen LogP contribution in [0.1, 0.15) is 51.1 Å². The molecule has 2 rings (SSSR count). The molecule has 1 aliphatic rings. The average Bonchev–Trinajstić information content (AvgIpc) is 2.42. The predicted molar refractivity (Wildman–Crippen MR) is 88.2 cm³/mol. The zero-order valence-electron chi connectivity index (χ0n) is 13.0. The lowest BCUT2D eigenvalue weighted by atomic mass is 9.65. The van der Waals surface area contributed by atoms with Crippen molar-refractivity contribution in [2.24, 2.45) is 11.3 Å². The van der Waals surface area contributed by atoms with Crippen LogP contribution in [0.2, 0.25) is 0 Å². The second-order valence-corrected chi connectivity index (χ2v) is 7.35. The maximum atomic E-state index is 5.30. The van der Waals surface area contributed by atoms with Crippen molar-refractivity contribution >= 4 is 15.9 Å². The fourth-order valence-electron chi connectivity index (χ4n) is 3.60. The van der Waals surface area contributed by atoms with Gasteiger partial charge in [0, 0.05) is 10.5 Å². The van der Waals surface area contributed by atoms with Crippen LogP contribution in [0.3, 0.4) is 0 Å². The second kappa shape index (κ2) is 6.48. The van der Waals surface area contributed by atoms with Crippen molar-refractivity contribution in [3.05, 3.63) is 28.2 Å². The van der Waals surface area contributed by atoms with Gasteiger partial charge >= 0.3 is 0 Å². The molecule has 0 bridgehead atoms. The van der Waals surface area contributed by atoms with Crippen LogP contribution in [0.15, 0.2) is 22.7 Å². The highest BCUT2D eigenvalue weighted by Gasteiger charge is 2.38. The minimum absolute atomic E-state index is 0.394. The molecule has 1 aromatic rings. The number of hydrogen-bond acceptors (Lipinski definition) is 2. The van der Waals surface area contributed by atoms with E-state index >= 15 is 0 Å². The van der Waals surface area contributed by atoms with Crippen LogP contribution in [0.25, 0.3) is 0 Å². The third-order valence-corrected chi connectivity index (χ3v) is 5.53. The van der Waals surface area contributed by atoms with Crippen LogP contribution in [0.5, 0.6) is 5.75 Å². The molecule has 112 valence electrons. The number of methoxy groups -OCH3 is 1. The fraction of sp³-hybridized carbons (Fsp3) is 0.647. The normalized spacial score (nSPS) is 23.4. The lowest BCUT2D eigenvalue weighted by Crippen LogP contribution is -2.38. The number of ether oxygens (including phenoxy) is 1. The maximum Gasteiger partial charge on any atom is 0.120 e. The molecular weight excluding hydrogens is 314 g/mol. The first-order valence-corrected chi connectivity index (χ1v) is 8.29. The van der Waals surface area contributed by atoms with E-state index in [0.717, 1.165) is 10.2 Å². The Kier molecular flexibility index (Phi) is 5.14. The first-order valence-electron chi connectivity index (χ1n) is 7.50. The van der Waals surface area contributed by atoms with Crippen LogP contribution in [0.4, 0.5) is 0 Å². The summed E-state index contributed by atoms with van der Waals surface area (Å²) in [6, 6.07) is 6.70. The Morgan fingerprint density at radius 1 is 1.35 bits per heavy atom. The van der Waals surface area contributed by atoms with Crippen molar-refractivity contribution in [1.29, 1.82) is 0 Å². The molecule has 0 radical (unpaired) electrons. The zero-order valence-corrected chi connectivity index (χ0v) is 14.6. The summed E-state index contributed by atoms with van der Waals surface area (Å²) >= 11 is 3.71. The van der Waals surface area contributed by atoms with E-state index in [1.165, 1.54) is 31.2 Å². The maximum absolute atomic E-state index is 5.30. The summed E-state index contributed by atoms with van der Waals surface area (Å²) in [5, 5.41) is 3.55. The van der Waals surface area contributed by atoms with Crippen molar-refractivity contribution in [2.45, 2.75) is 45.6 Å². The monoisotopic (exact) mass is 339 g/mol. The van der Waals surface area contributed by atoms with Crippen LogP contribution < -0.4 is 10.1 Å². The average molecular weight is 340 g/mol. The van der Waals surface area contributed by atoms with Gasteiger partial charge in [-0.05, 0) is 48.9 Å². The van der Waals surface area contributed by atoms with E-state index < -0.39 is 0 Å². The summed E-state index contributed by atoms with van der Waals surface area (Å²) in [4.78, 5) is 0. The summed E-state index contributed by atoms with van der Waals surface area (Å²) in [5.74, 6) is 1.57. The highest BCUT2D eigenvalue weighted by atomic mass is 79.9. The van der Waals surface area contributed by atoms with Gasteiger partial charge in [-0.2, -0.15) is 0 Å². The van der Waals surface area contributed by atoms with Gasteiger partial charge in [0.1, 0.15) is 5.75 Å². The molecule has 0 saturated heterocycles. The fourth-order valence-corrected chi connectivity index (χ4v) is 4.20. The Balaban J connectivity index is 2.32. The molecule has 1 aromatic carbocycles. The largest absolute Gasteiger partial charge is 0.497 e. The van der Waals surface area contributed by atoms with Crippen LogP contribution in [0, 0.1) is 11.3 Å². The summed E-state index contributed by atoms with van der Waals surface area (Å²) in [5.41, 5.74) is 1.74. The Labute approximate surface area is 131 Å². The van der Waals surface area contributed by atoms with Gasteiger partial charge in [0.25, 0.3) is 0 Å². The van der Waals surface area contributed by atoms with Gasteiger partial charge < -0.3 is 10.1 Å². The van der Waals surface area contributed by atoms with Gasteiger partial charge in [0.2, 0.25) is 0 Å². The SMILES string of the molecule is CNC(c1ccc(OC)cc1Br)C1CCCCC1(C)C. The van der Waals surface area contributed by atoms with Crippen molar-refractivity contribution in [1.82, 2.24) is 5.32 Å². The number of hydrogen-bond donors (Lipinski definition) is 1. The molecule has 1 saturated carbocycles. The number of rotatable bonds is 4. The quantitative estimate of drug-likeness (QED) is 0.839. The molecule has 1 fully saturated rings. The summed E-state index contributed by atoms with van der Waals surface area (Å²) in [6.45, 7) is 4.83. The molecular formula is C17H26BrNO. The Hall–Kier alpha value is -0.540. The second-order valence-electron chi connectivity index (χ2n) is 6.49. The number of halogens is 1. The minimum atomic E-state index is 0.394. The molecule has 0 amide bonds. The standard InChI is InChI=1S/C17H26BrNO/c1-17(2)10-6-5-7-14(17)16(19-3)13-9-8-12(20-4)11-15(13)18/h8-9,11,14,16,19H,5-7,10H2,1-4H3. The topological polar surface area (TPSA) is 21.3 Å². The molecule has 1 N–H and O–H groups in total. The van der Waals surface area contributed by atoms with Crippen LogP contribution in [-0.2, 0) is 0 Å². The molecule has 0 aliphatic heterocycles. The summed E-state index contributed by atoms with van der Waals surface area (Å²) < 4.78 is 6.44. The molecule has 1 aliphatic carbocycles. The highest BCUT2D eigenvalue weighted by Crippen LogP contribution is 2.47. The molecule has 0 aromatic heterocycles. The molecule has 2 nitrogen and oxygen atoms in total. The zero-order chi connectivity index (χ0) is 14.8. The Morgan fingerprint density at radius 2 is 2.10 bits per heavy atom. The number of benzene rings is 1. The Bertz CT molecular complexity index is 458. The van der Waals surface area contributed by atoms with Crippen LogP contribution >= 0.6 is 15.9 Å².